The summed E-state index contributed by atoms with van der Waals surface area (Å²) in [6.07, 6.45) is 0. The molecular formula is C12H13Cl3N2O. The SMILES string of the molecule is Cc1cc(CNCc2cccc(Cl)c2Cl)no1.Cl. The van der Waals surface area contributed by atoms with E-state index in [1.807, 2.05) is 25.1 Å². The van der Waals surface area contributed by atoms with E-state index in [9.17, 15) is 0 Å². The number of rotatable bonds is 4. The second kappa shape index (κ2) is 7.00. The lowest BCUT2D eigenvalue weighted by Gasteiger charge is -2.06. The molecule has 1 heterocycles. The van der Waals surface area contributed by atoms with Crippen LogP contribution >= 0.6 is 35.6 Å². The molecule has 0 fully saturated rings. The highest BCUT2D eigenvalue weighted by atomic mass is 35.5. The van der Waals surface area contributed by atoms with E-state index >= 15 is 0 Å². The van der Waals surface area contributed by atoms with Gasteiger partial charge < -0.3 is 9.84 Å². The van der Waals surface area contributed by atoms with Crippen LogP contribution in [-0.4, -0.2) is 5.16 Å². The van der Waals surface area contributed by atoms with Crippen molar-refractivity contribution >= 4 is 35.6 Å². The van der Waals surface area contributed by atoms with E-state index < -0.39 is 0 Å². The normalized spacial score (nSPS) is 10.2. The number of halogens is 3. The minimum atomic E-state index is 0. The predicted octanol–water partition coefficient (Wildman–Crippen LogP) is 4.00. The Labute approximate surface area is 122 Å². The average molecular weight is 308 g/mol. The van der Waals surface area contributed by atoms with E-state index in [0.717, 1.165) is 17.0 Å². The highest BCUT2D eigenvalue weighted by Gasteiger charge is 2.04. The molecule has 2 aromatic rings. The first-order valence-electron chi connectivity index (χ1n) is 5.22. The molecule has 0 amide bonds. The van der Waals surface area contributed by atoms with Gasteiger partial charge in [0.2, 0.25) is 0 Å². The van der Waals surface area contributed by atoms with Gasteiger partial charge in [0.05, 0.1) is 15.7 Å². The molecule has 1 N–H and O–H groups in total. The van der Waals surface area contributed by atoms with Gasteiger partial charge >= 0.3 is 0 Å². The Kier molecular flexibility index (Phi) is 5.96. The molecule has 0 spiro atoms. The van der Waals surface area contributed by atoms with E-state index in [0.29, 0.717) is 23.1 Å². The van der Waals surface area contributed by atoms with Crippen LogP contribution in [-0.2, 0) is 13.1 Å². The smallest absolute Gasteiger partial charge is 0.133 e. The lowest BCUT2D eigenvalue weighted by atomic mass is 10.2. The molecule has 18 heavy (non-hydrogen) atoms. The van der Waals surface area contributed by atoms with Gasteiger partial charge in [-0.25, -0.2) is 0 Å². The van der Waals surface area contributed by atoms with E-state index in [1.54, 1.807) is 6.07 Å². The molecule has 2 rings (SSSR count). The molecule has 98 valence electrons. The van der Waals surface area contributed by atoms with Crippen LogP contribution < -0.4 is 5.32 Å². The van der Waals surface area contributed by atoms with Crippen LogP contribution in [0.15, 0.2) is 28.8 Å². The molecule has 0 aliphatic rings. The van der Waals surface area contributed by atoms with E-state index in [-0.39, 0.29) is 12.4 Å². The number of aryl methyl sites for hydroxylation is 1. The van der Waals surface area contributed by atoms with Crippen molar-refractivity contribution in [2.75, 3.05) is 0 Å². The third kappa shape index (κ3) is 3.89. The van der Waals surface area contributed by atoms with Gasteiger partial charge in [-0.15, -0.1) is 12.4 Å². The zero-order chi connectivity index (χ0) is 12.3. The number of benzene rings is 1. The van der Waals surface area contributed by atoms with Crippen molar-refractivity contribution in [2.24, 2.45) is 0 Å². The molecule has 0 bridgehead atoms. The van der Waals surface area contributed by atoms with Gasteiger partial charge in [0.25, 0.3) is 0 Å². The second-order valence-electron chi connectivity index (χ2n) is 3.75. The van der Waals surface area contributed by atoms with Crippen molar-refractivity contribution in [3.63, 3.8) is 0 Å². The number of hydrogen-bond donors (Lipinski definition) is 1. The summed E-state index contributed by atoms with van der Waals surface area (Å²) >= 11 is 12.0. The fraction of sp³-hybridized carbons (Fsp3) is 0.250. The predicted molar refractivity (Wildman–Crippen MR) is 75.5 cm³/mol. The molecule has 0 radical (unpaired) electrons. The van der Waals surface area contributed by atoms with Crippen molar-refractivity contribution in [1.29, 1.82) is 0 Å². The van der Waals surface area contributed by atoms with Crippen LogP contribution in [0.3, 0.4) is 0 Å². The standard InChI is InChI=1S/C12H12Cl2N2O.ClH/c1-8-5-10(16-17-8)7-15-6-9-3-2-4-11(13)12(9)14;/h2-5,15H,6-7H2,1H3;1H. The minimum absolute atomic E-state index is 0. The fourth-order valence-electron chi connectivity index (χ4n) is 1.51. The van der Waals surface area contributed by atoms with E-state index in [4.69, 9.17) is 27.7 Å². The molecule has 0 unspecified atom stereocenters. The topological polar surface area (TPSA) is 38.1 Å². The van der Waals surface area contributed by atoms with Crippen molar-refractivity contribution in [2.45, 2.75) is 20.0 Å². The Morgan fingerprint density at radius 3 is 2.72 bits per heavy atom. The maximum Gasteiger partial charge on any atom is 0.133 e. The zero-order valence-electron chi connectivity index (χ0n) is 9.74. The minimum Gasteiger partial charge on any atom is -0.361 e. The van der Waals surface area contributed by atoms with Crippen LogP contribution in [0.2, 0.25) is 10.0 Å². The molecule has 6 heteroatoms. The van der Waals surface area contributed by atoms with Crippen LogP contribution in [0.25, 0.3) is 0 Å². The lowest BCUT2D eigenvalue weighted by Crippen LogP contribution is -2.13. The molecule has 1 aromatic heterocycles. The molecule has 0 aliphatic carbocycles. The Balaban J connectivity index is 0.00000162. The highest BCUT2D eigenvalue weighted by Crippen LogP contribution is 2.25. The largest absolute Gasteiger partial charge is 0.361 e. The Hall–Kier alpha value is -0.740. The molecular weight excluding hydrogens is 295 g/mol. The quantitative estimate of drug-likeness (QED) is 0.927. The van der Waals surface area contributed by atoms with E-state index in [1.165, 1.54) is 0 Å². The molecule has 0 saturated carbocycles. The van der Waals surface area contributed by atoms with Gasteiger partial charge in [0, 0.05) is 19.2 Å². The fourth-order valence-corrected chi connectivity index (χ4v) is 1.90. The second-order valence-corrected chi connectivity index (χ2v) is 4.53. The summed E-state index contributed by atoms with van der Waals surface area (Å²) in [4.78, 5) is 0. The summed E-state index contributed by atoms with van der Waals surface area (Å²) in [5.41, 5.74) is 1.85. The van der Waals surface area contributed by atoms with Gasteiger partial charge in [-0.05, 0) is 18.6 Å². The van der Waals surface area contributed by atoms with Crippen molar-refractivity contribution < 1.29 is 4.52 Å². The molecule has 1 aromatic carbocycles. The van der Waals surface area contributed by atoms with Crippen LogP contribution in [0.5, 0.6) is 0 Å². The van der Waals surface area contributed by atoms with Gasteiger partial charge in [-0.2, -0.15) is 0 Å². The summed E-state index contributed by atoms with van der Waals surface area (Å²) in [6.45, 7) is 3.15. The van der Waals surface area contributed by atoms with Crippen LogP contribution in [0.4, 0.5) is 0 Å². The van der Waals surface area contributed by atoms with Crippen LogP contribution in [0, 0.1) is 6.92 Å². The van der Waals surface area contributed by atoms with Gasteiger partial charge in [-0.3, -0.25) is 0 Å². The van der Waals surface area contributed by atoms with Gasteiger partial charge in [0.1, 0.15) is 5.76 Å². The number of nitrogens with one attached hydrogen (secondary N) is 1. The maximum atomic E-state index is 6.07. The Bertz CT molecular complexity index is 514. The lowest BCUT2D eigenvalue weighted by molar-refractivity contribution is 0.388. The maximum absolute atomic E-state index is 6.07. The van der Waals surface area contributed by atoms with Crippen LogP contribution in [0.1, 0.15) is 17.0 Å². The molecule has 3 nitrogen and oxygen atoms in total. The number of aromatic nitrogens is 1. The van der Waals surface area contributed by atoms with Crippen molar-refractivity contribution in [1.82, 2.24) is 10.5 Å². The summed E-state index contributed by atoms with van der Waals surface area (Å²) in [6, 6.07) is 7.49. The average Bonchev–Trinajstić information content (AvgIpc) is 2.70. The first kappa shape index (κ1) is 15.3. The Morgan fingerprint density at radius 1 is 1.28 bits per heavy atom. The van der Waals surface area contributed by atoms with Gasteiger partial charge in [-0.1, -0.05) is 40.5 Å². The summed E-state index contributed by atoms with van der Waals surface area (Å²) in [5, 5.41) is 8.29. The Morgan fingerprint density at radius 2 is 2.06 bits per heavy atom. The monoisotopic (exact) mass is 306 g/mol. The first-order valence-corrected chi connectivity index (χ1v) is 5.98. The highest BCUT2D eigenvalue weighted by molar-refractivity contribution is 6.42. The number of hydrogen-bond acceptors (Lipinski definition) is 3. The molecule has 0 atom stereocenters. The molecule has 0 saturated heterocycles. The third-order valence-electron chi connectivity index (χ3n) is 2.33. The first-order chi connectivity index (χ1) is 8.16. The molecule has 0 aliphatic heterocycles. The van der Waals surface area contributed by atoms with E-state index in [2.05, 4.69) is 10.5 Å². The number of nitrogens with zero attached hydrogens (tertiary/aromatic N) is 1. The van der Waals surface area contributed by atoms with Crippen molar-refractivity contribution in [3.05, 3.63) is 51.3 Å². The summed E-state index contributed by atoms with van der Waals surface area (Å²) in [7, 11) is 0. The third-order valence-corrected chi connectivity index (χ3v) is 3.19. The van der Waals surface area contributed by atoms with Gasteiger partial charge in [0.15, 0.2) is 0 Å². The zero-order valence-corrected chi connectivity index (χ0v) is 12.1. The summed E-state index contributed by atoms with van der Waals surface area (Å²) in [5.74, 6) is 0.808. The van der Waals surface area contributed by atoms with Crippen molar-refractivity contribution in [3.8, 4) is 0 Å². The summed E-state index contributed by atoms with van der Waals surface area (Å²) < 4.78 is 4.97.